The lowest BCUT2D eigenvalue weighted by Gasteiger charge is -2.10. The Bertz CT molecular complexity index is 402. The van der Waals surface area contributed by atoms with Gasteiger partial charge in [0, 0.05) is 12.1 Å². The van der Waals surface area contributed by atoms with E-state index >= 15 is 0 Å². The van der Waals surface area contributed by atoms with Crippen LogP contribution in [0.1, 0.15) is 12.0 Å². The Balaban J connectivity index is 2.78. The Morgan fingerprint density at radius 1 is 1.47 bits per heavy atom. The van der Waals surface area contributed by atoms with Crippen LogP contribution in [0, 0.1) is 0 Å². The van der Waals surface area contributed by atoms with Crippen molar-refractivity contribution in [2.45, 2.75) is 6.43 Å². The van der Waals surface area contributed by atoms with Crippen LogP contribution in [-0.4, -0.2) is 24.3 Å². The number of benzene rings is 1. The first-order valence-electron chi connectivity index (χ1n) is 4.78. The van der Waals surface area contributed by atoms with Gasteiger partial charge in [0.25, 0.3) is 6.43 Å². The second-order valence-electron chi connectivity index (χ2n) is 3.11. The van der Waals surface area contributed by atoms with Gasteiger partial charge < -0.3 is 15.7 Å². The summed E-state index contributed by atoms with van der Waals surface area (Å²) in [6.45, 7) is -0.143. The molecule has 0 saturated carbocycles. The van der Waals surface area contributed by atoms with E-state index in [0.717, 1.165) is 0 Å². The third-order valence-corrected chi connectivity index (χ3v) is 2.33. The van der Waals surface area contributed by atoms with Crippen LogP contribution in [0.2, 0.25) is 5.02 Å². The minimum Gasteiger partial charge on any atom is -0.395 e. The van der Waals surface area contributed by atoms with E-state index in [2.05, 4.69) is 10.6 Å². The summed E-state index contributed by atoms with van der Waals surface area (Å²) in [7, 11) is 0. The monoisotopic (exact) mass is 264 g/mol. The topological polar surface area (TPSA) is 61.4 Å². The quantitative estimate of drug-likeness (QED) is 0.782. The number of alkyl halides is 2. The highest BCUT2D eigenvalue weighted by atomic mass is 35.5. The lowest BCUT2D eigenvalue weighted by molar-refractivity contribution is 0.151. The Labute approximate surface area is 102 Å². The van der Waals surface area contributed by atoms with Gasteiger partial charge in [0.05, 0.1) is 17.3 Å². The Morgan fingerprint density at radius 3 is 2.76 bits per heavy atom. The molecule has 1 aromatic rings. The highest BCUT2D eigenvalue weighted by molar-refractivity contribution is 6.34. The average Bonchev–Trinajstić information content (AvgIpc) is 2.28. The Hall–Kier alpha value is -1.40. The standard InChI is InChI=1S/C10H11ClF2N2O2/c11-8-6(9(12)13)2-1-3-7(8)15-10(17)14-4-5-16/h1-3,9,16H,4-5H2,(H2,14,15,17). The summed E-state index contributed by atoms with van der Waals surface area (Å²) in [4.78, 5) is 11.2. The van der Waals surface area contributed by atoms with Crippen LogP contribution < -0.4 is 10.6 Å². The fourth-order valence-electron chi connectivity index (χ4n) is 1.15. The summed E-state index contributed by atoms with van der Waals surface area (Å²) < 4.78 is 25.0. The van der Waals surface area contributed by atoms with Crippen molar-refractivity contribution >= 4 is 23.3 Å². The Kier molecular flexibility index (Phi) is 5.11. The van der Waals surface area contributed by atoms with Crippen molar-refractivity contribution < 1.29 is 18.7 Å². The van der Waals surface area contributed by atoms with E-state index in [9.17, 15) is 13.6 Å². The van der Waals surface area contributed by atoms with E-state index in [0.29, 0.717) is 0 Å². The molecular formula is C10H11ClF2N2O2. The first-order valence-corrected chi connectivity index (χ1v) is 5.16. The summed E-state index contributed by atoms with van der Waals surface area (Å²) >= 11 is 5.71. The van der Waals surface area contributed by atoms with Crippen LogP contribution in [-0.2, 0) is 0 Å². The highest BCUT2D eigenvalue weighted by Gasteiger charge is 2.15. The van der Waals surface area contributed by atoms with Crippen LogP contribution >= 0.6 is 11.6 Å². The van der Waals surface area contributed by atoms with Crippen molar-refractivity contribution in [2.75, 3.05) is 18.5 Å². The molecule has 2 amide bonds. The van der Waals surface area contributed by atoms with Crippen LogP contribution in [0.25, 0.3) is 0 Å². The van der Waals surface area contributed by atoms with Gasteiger partial charge in [-0.2, -0.15) is 0 Å². The molecule has 1 rings (SSSR count). The fraction of sp³-hybridized carbons (Fsp3) is 0.300. The van der Waals surface area contributed by atoms with Crippen molar-refractivity contribution in [3.8, 4) is 0 Å². The minimum atomic E-state index is -2.70. The van der Waals surface area contributed by atoms with Gasteiger partial charge in [-0.25, -0.2) is 13.6 Å². The van der Waals surface area contributed by atoms with Gasteiger partial charge in [-0.3, -0.25) is 0 Å². The van der Waals surface area contributed by atoms with Gasteiger partial charge in [-0.15, -0.1) is 0 Å². The van der Waals surface area contributed by atoms with Crippen molar-refractivity contribution in [2.24, 2.45) is 0 Å². The molecule has 1 aromatic carbocycles. The molecule has 0 fully saturated rings. The maximum Gasteiger partial charge on any atom is 0.319 e. The summed E-state index contributed by atoms with van der Waals surface area (Å²) in [6.07, 6.45) is -2.70. The second-order valence-corrected chi connectivity index (χ2v) is 3.49. The number of aliphatic hydroxyl groups excluding tert-OH is 1. The van der Waals surface area contributed by atoms with Crippen LogP contribution in [0.4, 0.5) is 19.3 Å². The first-order chi connectivity index (χ1) is 8.06. The molecule has 0 unspecified atom stereocenters. The predicted octanol–water partition coefficient (Wildman–Crippen LogP) is 2.39. The summed E-state index contributed by atoms with van der Waals surface area (Å²) in [5.41, 5.74) is -0.244. The van der Waals surface area contributed by atoms with Crippen molar-refractivity contribution in [1.82, 2.24) is 5.32 Å². The summed E-state index contributed by atoms with van der Waals surface area (Å²) in [6, 6.07) is 3.35. The van der Waals surface area contributed by atoms with Gasteiger partial charge in [0.1, 0.15) is 0 Å². The van der Waals surface area contributed by atoms with Gasteiger partial charge in [0.15, 0.2) is 0 Å². The highest BCUT2D eigenvalue weighted by Crippen LogP contribution is 2.32. The molecule has 94 valence electrons. The number of anilines is 1. The molecule has 0 bridgehead atoms. The normalized spacial score (nSPS) is 10.4. The number of hydrogen-bond donors (Lipinski definition) is 3. The van der Waals surface area contributed by atoms with Crippen LogP contribution in [0.15, 0.2) is 18.2 Å². The van der Waals surface area contributed by atoms with Crippen molar-refractivity contribution in [1.29, 1.82) is 0 Å². The molecule has 0 aliphatic carbocycles. The SMILES string of the molecule is O=C(NCCO)Nc1cccc(C(F)F)c1Cl. The van der Waals surface area contributed by atoms with Crippen LogP contribution in [0.5, 0.6) is 0 Å². The molecule has 0 aliphatic rings. The second kappa shape index (κ2) is 6.36. The van der Waals surface area contributed by atoms with E-state index in [4.69, 9.17) is 16.7 Å². The third-order valence-electron chi connectivity index (χ3n) is 1.91. The number of nitrogens with one attached hydrogen (secondary N) is 2. The number of urea groups is 1. The van der Waals surface area contributed by atoms with Crippen molar-refractivity contribution in [3.63, 3.8) is 0 Å². The number of rotatable bonds is 4. The molecule has 0 spiro atoms. The average molecular weight is 265 g/mol. The molecule has 0 atom stereocenters. The van der Waals surface area contributed by atoms with Gasteiger partial charge >= 0.3 is 6.03 Å². The molecule has 0 saturated heterocycles. The molecule has 17 heavy (non-hydrogen) atoms. The zero-order chi connectivity index (χ0) is 12.8. The Morgan fingerprint density at radius 2 is 2.18 bits per heavy atom. The molecule has 4 nitrogen and oxygen atoms in total. The lowest BCUT2D eigenvalue weighted by atomic mass is 10.2. The lowest BCUT2D eigenvalue weighted by Crippen LogP contribution is -2.31. The predicted molar refractivity (Wildman–Crippen MR) is 60.5 cm³/mol. The van der Waals surface area contributed by atoms with E-state index < -0.39 is 12.5 Å². The van der Waals surface area contributed by atoms with Gasteiger partial charge in [-0.05, 0) is 6.07 Å². The number of aliphatic hydroxyl groups is 1. The zero-order valence-electron chi connectivity index (χ0n) is 8.71. The maximum atomic E-state index is 12.5. The smallest absolute Gasteiger partial charge is 0.319 e. The summed E-state index contributed by atoms with van der Waals surface area (Å²) in [5, 5.41) is 12.9. The van der Waals surface area contributed by atoms with E-state index in [1.807, 2.05) is 0 Å². The molecule has 0 aromatic heterocycles. The van der Waals surface area contributed by atoms with E-state index in [-0.39, 0.29) is 29.4 Å². The number of amides is 2. The number of carbonyl (C=O) groups is 1. The molecule has 3 N–H and O–H groups in total. The largest absolute Gasteiger partial charge is 0.395 e. The van der Waals surface area contributed by atoms with Crippen molar-refractivity contribution in [3.05, 3.63) is 28.8 Å². The first kappa shape index (κ1) is 13.7. The van der Waals surface area contributed by atoms with Gasteiger partial charge in [-0.1, -0.05) is 23.7 Å². The van der Waals surface area contributed by atoms with E-state index in [1.54, 1.807) is 0 Å². The molecule has 7 heteroatoms. The summed E-state index contributed by atoms with van der Waals surface area (Å²) in [5.74, 6) is 0. The molecule has 0 radical (unpaired) electrons. The van der Waals surface area contributed by atoms with E-state index in [1.165, 1.54) is 18.2 Å². The third kappa shape index (κ3) is 3.83. The number of carbonyl (C=O) groups excluding carboxylic acids is 1. The zero-order valence-corrected chi connectivity index (χ0v) is 9.47. The fourth-order valence-corrected chi connectivity index (χ4v) is 1.41. The molecule has 0 heterocycles. The van der Waals surface area contributed by atoms with Crippen LogP contribution in [0.3, 0.4) is 0 Å². The molecule has 0 aliphatic heterocycles. The van der Waals surface area contributed by atoms with Gasteiger partial charge in [0.2, 0.25) is 0 Å². The maximum absolute atomic E-state index is 12.5. The number of halogens is 3. The minimum absolute atomic E-state index is 0.0675. The molecular weight excluding hydrogens is 254 g/mol. The number of hydrogen-bond acceptors (Lipinski definition) is 2.